The SMILES string of the molecule is B=C[C@@H]1CC(O)[C@H](C/C=C\CCCC(=O)O)[C@H]1/C=C/[C@@H](O)Cc1cc(Br)c(C)s1. The van der Waals surface area contributed by atoms with Gasteiger partial charge < -0.3 is 0 Å². The summed E-state index contributed by atoms with van der Waals surface area (Å²) in [7, 11) is 3.92. The van der Waals surface area contributed by atoms with Gasteiger partial charge in [-0.15, -0.1) is 0 Å². The minimum absolute atomic E-state index is 0.0790. The molecule has 0 spiro atoms. The molecule has 158 valence electrons. The standard InChI is InChI=1S/C22H30BBrO4S/c1-14-20(24)12-17(29-14)11-16(25)8-9-18-15(13-23)10-21(26)19(18)6-4-2-3-5-7-22(27)28/h2,4,8-9,12-13,15-16,18-19,21,23,25-26H,3,5-7,10-11H2,1H3,(H,27,28)/b4-2-,9-8+/t15-,16+,18-,19+,21?/m0/s1. The number of halogens is 1. The van der Waals surface area contributed by atoms with Crippen molar-refractivity contribution in [1.82, 2.24) is 0 Å². The number of aryl methyl sites for hydroxylation is 1. The van der Waals surface area contributed by atoms with E-state index in [0.717, 1.165) is 22.2 Å². The van der Waals surface area contributed by atoms with Crippen LogP contribution in [0.3, 0.4) is 0 Å². The molecule has 1 fully saturated rings. The van der Waals surface area contributed by atoms with E-state index in [0.29, 0.717) is 19.3 Å². The monoisotopic (exact) mass is 480 g/mol. The van der Waals surface area contributed by atoms with E-state index in [2.05, 4.69) is 36.4 Å². The first-order valence-corrected chi connectivity index (χ1v) is 11.7. The summed E-state index contributed by atoms with van der Waals surface area (Å²) in [4.78, 5) is 12.9. The average molecular weight is 481 g/mol. The van der Waals surface area contributed by atoms with E-state index in [1.165, 1.54) is 4.88 Å². The molecule has 0 radical (unpaired) electrons. The van der Waals surface area contributed by atoms with Gasteiger partial charge in [-0.2, -0.15) is 0 Å². The number of rotatable bonds is 11. The number of aliphatic hydroxyl groups excluding tert-OH is 2. The predicted molar refractivity (Wildman–Crippen MR) is 125 cm³/mol. The number of unbranched alkanes of at least 4 members (excludes halogenated alkanes) is 1. The third kappa shape index (κ3) is 7.63. The first-order chi connectivity index (χ1) is 13.8. The van der Waals surface area contributed by atoms with Crippen LogP contribution in [0.15, 0.2) is 34.8 Å². The number of carboxylic acid groups (broad SMARTS) is 1. The molecule has 1 heterocycles. The molecule has 0 aliphatic heterocycles. The molecule has 3 N–H and O–H groups in total. The van der Waals surface area contributed by atoms with Gasteiger partial charge in [0.1, 0.15) is 0 Å². The Morgan fingerprint density at radius 1 is 1.45 bits per heavy atom. The van der Waals surface area contributed by atoms with Crippen LogP contribution >= 0.6 is 27.3 Å². The number of aliphatic carboxylic acids is 1. The van der Waals surface area contributed by atoms with Gasteiger partial charge in [0.05, 0.1) is 0 Å². The molecule has 1 aliphatic rings. The number of hydrogen-bond donors (Lipinski definition) is 3. The van der Waals surface area contributed by atoms with Crippen molar-refractivity contribution in [2.45, 2.75) is 57.7 Å². The van der Waals surface area contributed by atoms with Gasteiger partial charge in [0.25, 0.3) is 0 Å². The molecule has 7 heteroatoms. The second kappa shape index (κ2) is 12.0. The van der Waals surface area contributed by atoms with Crippen molar-refractivity contribution in [3.05, 3.63) is 44.6 Å². The minimum atomic E-state index is -0.771. The molecule has 0 aromatic carbocycles. The van der Waals surface area contributed by atoms with Crippen LogP contribution < -0.4 is 0 Å². The molecule has 5 atom stereocenters. The van der Waals surface area contributed by atoms with E-state index >= 15 is 0 Å². The molecule has 0 amide bonds. The van der Waals surface area contributed by atoms with Crippen LogP contribution in [-0.4, -0.2) is 47.0 Å². The molecular weight excluding hydrogens is 451 g/mol. The van der Waals surface area contributed by atoms with Crippen molar-refractivity contribution in [3.63, 3.8) is 0 Å². The van der Waals surface area contributed by atoms with Crippen LogP contribution in [-0.2, 0) is 11.2 Å². The van der Waals surface area contributed by atoms with Crippen molar-refractivity contribution in [2.75, 3.05) is 0 Å². The summed E-state index contributed by atoms with van der Waals surface area (Å²) in [5.74, 6) is 1.54. The number of carbonyl (C=O) groups is 1. The number of hydrogen-bond acceptors (Lipinski definition) is 4. The molecule has 1 saturated carbocycles. The summed E-state index contributed by atoms with van der Waals surface area (Å²) in [6.07, 6.45) is 10.5. The van der Waals surface area contributed by atoms with Crippen LogP contribution in [0.5, 0.6) is 0 Å². The van der Waals surface area contributed by atoms with E-state index in [1.807, 2.05) is 30.3 Å². The molecule has 4 nitrogen and oxygen atoms in total. The molecule has 0 bridgehead atoms. The van der Waals surface area contributed by atoms with Gasteiger partial charge in [0.15, 0.2) is 0 Å². The number of allylic oxidation sites excluding steroid dienone is 3. The molecule has 2 rings (SSSR count). The number of aliphatic hydroxyl groups is 2. The maximum absolute atomic E-state index is 10.6. The quantitative estimate of drug-likeness (QED) is 0.256. The van der Waals surface area contributed by atoms with Gasteiger partial charge >= 0.3 is 187 Å². The van der Waals surface area contributed by atoms with Gasteiger partial charge in [0.2, 0.25) is 0 Å². The van der Waals surface area contributed by atoms with Crippen molar-refractivity contribution in [1.29, 1.82) is 0 Å². The zero-order valence-corrected chi connectivity index (χ0v) is 19.2. The molecule has 1 unspecified atom stereocenters. The Morgan fingerprint density at radius 3 is 2.83 bits per heavy atom. The van der Waals surface area contributed by atoms with Crippen LogP contribution in [0.25, 0.3) is 0 Å². The second-order valence-corrected chi connectivity index (χ2v) is 9.91. The molecule has 1 aliphatic carbocycles. The Kier molecular flexibility index (Phi) is 10.0. The van der Waals surface area contributed by atoms with Crippen LogP contribution in [0.2, 0.25) is 0 Å². The van der Waals surface area contributed by atoms with E-state index in [9.17, 15) is 15.0 Å². The van der Waals surface area contributed by atoms with E-state index in [4.69, 9.17) is 5.11 Å². The van der Waals surface area contributed by atoms with Crippen molar-refractivity contribution < 1.29 is 20.1 Å². The predicted octanol–water partition coefficient (Wildman–Crippen LogP) is 3.80. The van der Waals surface area contributed by atoms with Crippen LogP contribution in [0.1, 0.15) is 41.9 Å². The van der Waals surface area contributed by atoms with Crippen molar-refractivity contribution >= 4 is 46.7 Å². The van der Waals surface area contributed by atoms with Crippen molar-refractivity contribution in [2.24, 2.45) is 17.8 Å². The van der Waals surface area contributed by atoms with Gasteiger partial charge in [0, 0.05) is 0 Å². The fourth-order valence-corrected chi connectivity index (χ4v) is 5.58. The zero-order valence-electron chi connectivity index (χ0n) is 16.8. The van der Waals surface area contributed by atoms with Gasteiger partial charge in [-0.25, -0.2) is 0 Å². The van der Waals surface area contributed by atoms with Crippen LogP contribution in [0.4, 0.5) is 0 Å². The van der Waals surface area contributed by atoms with E-state index in [-0.39, 0.29) is 24.2 Å². The Morgan fingerprint density at radius 2 is 2.21 bits per heavy atom. The van der Waals surface area contributed by atoms with Gasteiger partial charge in [-0.3, -0.25) is 0 Å². The van der Waals surface area contributed by atoms with Gasteiger partial charge in [-0.1, -0.05) is 0 Å². The number of carboxylic acids is 1. The maximum atomic E-state index is 10.6. The van der Waals surface area contributed by atoms with E-state index < -0.39 is 18.2 Å². The summed E-state index contributed by atoms with van der Waals surface area (Å²) >= 11 is 5.20. The first-order valence-electron chi connectivity index (χ1n) is 10.1. The Balaban J connectivity index is 1.94. The third-order valence-corrected chi connectivity index (χ3v) is 7.67. The molecule has 1 aromatic rings. The first kappa shape index (κ1) is 24.3. The third-order valence-electron chi connectivity index (χ3n) is 5.51. The summed E-state index contributed by atoms with van der Waals surface area (Å²) in [5, 5.41) is 29.6. The fourth-order valence-electron chi connectivity index (χ4n) is 3.93. The molecule has 1 aromatic heterocycles. The topological polar surface area (TPSA) is 77.8 Å². The summed E-state index contributed by atoms with van der Waals surface area (Å²) in [6.45, 7) is 2.05. The zero-order chi connectivity index (χ0) is 21.4. The normalized spacial score (nSPS) is 25.8. The summed E-state index contributed by atoms with van der Waals surface area (Å²) in [6, 6.07) is 2.06. The van der Waals surface area contributed by atoms with E-state index in [1.54, 1.807) is 11.3 Å². The Hall–Kier alpha value is -1.02. The van der Waals surface area contributed by atoms with Crippen molar-refractivity contribution in [3.8, 4) is 0 Å². The fraction of sp³-hybridized carbons (Fsp3) is 0.545. The van der Waals surface area contributed by atoms with Gasteiger partial charge in [-0.05, 0) is 0 Å². The summed E-state index contributed by atoms with van der Waals surface area (Å²) < 4.78 is 1.08. The molecule has 29 heavy (non-hydrogen) atoms. The average Bonchev–Trinajstić information content (AvgIpc) is 3.14. The molecular formula is C22H30BBrO4S. The second-order valence-electron chi connectivity index (χ2n) is 7.71. The molecule has 0 saturated heterocycles. The number of thiophene rings is 1. The van der Waals surface area contributed by atoms with Crippen LogP contribution in [0, 0.1) is 24.7 Å². The Labute approximate surface area is 186 Å². The summed E-state index contributed by atoms with van der Waals surface area (Å²) in [5.41, 5.74) is 0. The Bertz CT molecular complexity index is 726.